The van der Waals surface area contributed by atoms with Crippen LogP contribution in [-0.2, 0) is 0 Å². The van der Waals surface area contributed by atoms with Crippen molar-refractivity contribution < 1.29 is 0 Å². The van der Waals surface area contributed by atoms with Gasteiger partial charge in [-0.05, 0) is 70.8 Å². The number of unbranched alkanes of at least 4 members (excludes halogenated alkanes) is 6. The molecule has 0 fully saturated rings. The Hall–Kier alpha value is -2.70. The molecule has 0 saturated heterocycles. The highest BCUT2D eigenvalue weighted by atomic mass is 14.0. The average molecular weight is 367 g/mol. The number of hydrogen-bond acceptors (Lipinski definition) is 0. The Bertz CT molecular complexity index is 960. The van der Waals surface area contributed by atoms with Gasteiger partial charge in [-0.15, -0.1) is 0 Å². The Morgan fingerprint density at radius 1 is 0.536 bits per heavy atom. The van der Waals surface area contributed by atoms with Crippen molar-refractivity contribution in [3.05, 3.63) is 59.7 Å². The minimum atomic E-state index is 0.992. The Morgan fingerprint density at radius 2 is 1.00 bits per heavy atom. The van der Waals surface area contributed by atoms with Gasteiger partial charge in [0, 0.05) is 24.0 Å². The van der Waals surface area contributed by atoms with E-state index in [0.29, 0.717) is 0 Å². The van der Waals surface area contributed by atoms with E-state index in [2.05, 4.69) is 86.1 Å². The van der Waals surface area contributed by atoms with E-state index in [-0.39, 0.29) is 0 Å². The summed E-state index contributed by atoms with van der Waals surface area (Å²) < 4.78 is 0. The van der Waals surface area contributed by atoms with Crippen molar-refractivity contribution in [1.82, 2.24) is 0 Å². The first-order chi connectivity index (χ1) is 13.8. The summed E-state index contributed by atoms with van der Waals surface area (Å²) in [5.74, 6) is 13.3. The summed E-state index contributed by atoms with van der Waals surface area (Å²) in [4.78, 5) is 0. The molecule has 3 aromatic carbocycles. The van der Waals surface area contributed by atoms with Crippen LogP contribution in [0.3, 0.4) is 0 Å². The fourth-order valence-corrected chi connectivity index (χ4v) is 3.41. The Morgan fingerprint density at radius 3 is 1.43 bits per heavy atom. The maximum atomic E-state index is 3.32. The van der Waals surface area contributed by atoms with Crippen LogP contribution in [0, 0.1) is 23.7 Å². The van der Waals surface area contributed by atoms with Crippen molar-refractivity contribution in [2.45, 2.75) is 65.2 Å². The van der Waals surface area contributed by atoms with E-state index in [4.69, 9.17) is 0 Å². The first-order valence-corrected chi connectivity index (χ1v) is 10.8. The summed E-state index contributed by atoms with van der Waals surface area (Å²) >= 11 is 0. The molecule has 3 rings (SSSR count). The molecule has 0 N–H and O–H groups in total. The molecule has 0 bridgehead atoms. The highest BCUT2D eigenvalue weighted by Crippen LogP contribution is 2.24. The van der Waals surface area contributed by atoms with Crippen molar-refractivity contribution in [3.8, 4) is 23.7 Å². The second kappa shape index (κ2) is 10.6. The van der Waals surface area contributed by atoms with Crippen LogP contribution in [-0.4, -0.2) is 0 Å². The van der Waals surface area contributed by atoms with Crippen LogP contribution < -0.4 is 0 Å². The van der Waals surface area contributed by atoms with E-state index in [9.17, 15) is 0 Å². The van der Waals surface area contributed by atoms with Gasteiger partial charge in [0.2, 0.25) is 0 Å². The molecule has 0 heteroatoms. The SMILES string of the molecule is CCCCCC#Cc1ccc2cc3cc(C#CCCCCC)ccc3cc2c1. The second-order valence-electron chi connectivity index (χ2n) is 7.49. The Kier molecular flexibility index (Phi) is 7.58. The molecule has 0 unspecified atom stereocenters. The van der Waals surface area contributed by atoms with Gasteiger partial charge in [0.05, 0.1) is 0 Å². The predicted octanol–water partition coefficient (Wildman–Crippen LogP) is 7.86. The minimum absolute atomic E-state index is 0.992. The van der Waals surface area contributed by atoms with Gasteiger partial charge in [-0.25, -0.2) is 0 Å². The standard InChI is InChI=1S/C28H30/c1-3-5-7-9-11-13-23-15-17-25-22-28-20-24(14-12-10-8-6-4-2)16-18-26(28)21-27(25)19-23/h15-22H,3-10H2,1-2H3. The van der Waals surface area contributed by atoms with Crippen molar-refractivity contribution in [1.29, 1.82) is 0 Å². The molecule has 0 heterocycles. The molecular formula is C28H30. The van der Waals surface area contributed by atoms with Crippen molar-refractivity contribution >= 4 is 21.5 Å². The first kappa shape index (κ1) is 20.0. The van der Waals surface area contributed by atoms with Crippen LogP contribution >= 0.6 is 0 Å². The second-order valence-corrected chi connectivity index (χ2v) is 7.49. The fourth-order valence-electron chi connectivity index (χ4n) is 3.41. The summed E-state index contributed by atoms with van der Waals surface area (Å²) in [5, 5.41) is 5.03. The molecule has 142 valence electrons. The average Bonchev–Trinajstić information content (AvgIpc) is 2.72. The van der Waals surface area contributed by atoms with E-state index in [0.717, 1.165) is 24.0 Å². The summed E-state index contributed by atoms with van der Waals surface area (Å²) in [6, 6.07) is 17.6. The van der Waals surface area contributed by atoms with Gasteiger partial charge in [-0.3, -0.25) is 0 Å². The number of hydrogen-bond donors (Lipinski definition) is 0. The smallest absolute Gasteiger partial charge is 0.0251 e. The maximum absolute atomic E-state index is 3.32. The molecule has 0 atom stereocenters. The molecular weight excluding hydrogens is 336 g/mol. The van der Waals surface area contributed by atoms with Gasteiger partial charge >= 0.3 is 0 Å². The van der Waals surface area contributed by atoms with Gasteiger partial charge in [-0.2, -0.15) is 0 Å². The van der Waals surface area contributed by atoms with Crippen molar-refractivity contribution in [3.63, 3.8) is 0 Å². The highest BCUT2D eigenvalue weighted by Gasteiger charge is 2.00. The normalized spacial score (nSPS) is 10.4. The van der Waals surface area contributed by atoms with Gasteiger partial charge < -0.3 is 0 Å². The lowest BCUT2D eigenvalue weighted by Gasteiger charge is -2.04. The lowest BCUT2D eigenvalue weighted by molar-refractivity contribution is 0.737. The van der Waals surface area contributed by atoms with Crippen LogP contribution in [0.15, 0.2) is 48.5 Å². The van der Waals surface area contributed by atoms with Gasteiger partial charge in [0.15, 0.2) is 0 Å². The van der Waals surface area contributed by atoms with Crippen LogP contribution in [0.25, 0.3) is 21.5 Å². The topological polar surface area (TPSA) is 0 Å². The molecule has 0 aromatic heterocycles. The zero-order chi connectivity index (χ0) is 19.6. The quantitative estimate of drug-likeness (QED) is 0.237. The molecule has 28 heavy (non-hydrogen) atoms. The van der Waals surface area contributed by atoms with Crippen molar-refractivity contribution in [2.24, 2.45) is 0 Å². The Labute approximate surface area is 170 Å². The van der Waals surface area contributed by atoms with E-state index in [1.807, 2.05) is 0 Å². The molecule has 0 nitrogen and oxygen atoms in total. The molecule has 0 aliphatic carbocycles. The third-order valence-electron chi connectivity index (χ3n) is 5.07. The zero-order valence-electron chi connectivity index (χ0n) is 17.3. The Balaban J connectivity index is 1.79. The van der Waals surface area contributed by atoms with Crippen LogP contribution in [0.2, 0.25) is 0 Å². The van der Waals surface area contributed by atoms with E-state index < -0.39 is 0 Å². The number of rotatable bonds is 6. The van der Waals surface area contributed by atoms with E-state index in [1.54, 1.807) is 0 Å². The first-order valence-electron chi connectivity index (χ1n) is 10.8. The minimum Gasteiger partial charge on any atom is -0.0979 e. The van der Waals surface area contributed by atoms with E-state index >= 15 is 0 Å². The van der Waals surface area contributed by atoms with Crippen LogP contribution in [0.4, 0.5) is 0 Å². The molecule has 0 aliphatic rings. The summed E-state index contributed by atoms with van der Waals surface area (Å²) in [6.45, 7) is 4.45. The van der Waals surface area contributed by atoms with Gasteiger partial charge in [0.25, 0.3) is 0 Å². The van der Waals surface area contributed by atoms with Gasteiger partial charge in [-0.1, -0.05) is 75.3 Å². The maximum Gasteiger partial charge on any atom is 0.0251 e. The summed E-state index contributed by atoms with van der Waals surface area (Å²) in [7, 11) is 0. The molecule has 0 aliphatic heterocycles. The van der Waals surface area contributed by atoms with Crippen LogP contribution in [0.1, 0.15) is 76.3 Å². The molecule has 0 radical (unpaired) electrons. The van der Waals surface area contributed by atoms with Gasteiger partial charge in [0.1, 0.15) is 0 Å². The zero-order valence-corrected chi connectivity index (χ0v) is 17.3. The third-order valence-corrected chi connectivity index (χ3v) is 5.07. The lowest BCUT2D eigenvalue weighted by atomic mass is 10.00. The monoisotopic (exact) mass is 366 g/mol. The molecule has 0 amide bonds. The summed E-state index contributed by atoms with van der Waals surface area (Å²) in [6.07, 6.45) is 9.41. The third kappa shape index (κ3) is 5.65. The molecule has 0 saturated carbocycles. The highest BCUT2D eigenvalue weighted by molar-refractivity contribution is 5.99. The van der Waals surface area contributed by atoms with Crippen molar-refractivity contribution in [2.75, 3.05) is 0 Å². The largest absolute Gasteiger partial charge is 0.0979 e. The summed E-state index contributed by atoms with van der Waals surface area (Å²) in [5.41, 5.74) is 2.22. The van der Waals surface area contributed by atoms with E-state index in [1.165, 1.54) is 60.1 Å². The molecule has 3 aromatic rings. The lowest BCUT2D eigenvalue weighted by Crippen LogP contribution is -1.81. The number of benzene rings is 3. The fraction of sp³-hybridized carbons (Fsp3) is 0.357. The van der Waals surface area contributed by atoms with Crippen LogP contribution in [0.5, 0.6) is 0 Å². The number of fused-ring (bicyclic) bond motifs is 2. The molecule has 0 spiro atoms. The predicted molar refractivity (Wildman–Crippen MR) is 123 cm³/mol.